The van der Waals surface area contributed by atoms with Crippen LogP contribution in [0.5, 0.6) is 0 Å². The van der Waals surface area contributed by atoms with Gasteiger partial charge in [0.1, 0.15) is 10.8 Å². The number of furan rings is 1. The molecule has 5 aromatic rings. The number of nitrogens with zero attached hydrogens (tertiary/aromatic N) is 4. The Kier molecular flexibility index (Phi) is 6.28. The number of nitrogens with one attached hydrogen (secondary N) is 2. The number of aromatic nitrogens is 4. The fourth-order valence-corrected chi connectivity index (χ4v) is 4.84. The van der Waals surface area contributed by atoms with E-state index in [1.807, 2.05) is 32.0 Å². The molecular weight excluding hydrogens is 527 g/mol. The van der Waals surface area contributed by atoms with Gasteiger partial charge in [-0.2, -0.15) is 9.61 Å². The molecule has 0 unspecified atom stereocenters. The van der Waals surface area contributed by atoms with Crippen LogP contribution in [0, 0.1) is 13.8 Å². The van der Waals surface area contributed by atoms with Crippen molar-refractivity contribution in [3.63, 3.8) is 0 Å². The van der Waals surface area contributed by atoms with E-state index in [9.17, 15) is 4.79 Å². The van der Waals surface area contributed by atoms with Gasteiger partial charge in [-0.25, -0.2) is 0 Å². The van der Waals surface area contributed by atoms with Crippen molar-refractivity contribution >= 4 is 68.4 Å². The fraction of sp³-hybridized carbons (Fsp3) is 0.0870. The Labute approximate surface area is 218 Å². The molecule has 0 atom stereocenters. The summed E-state index contributed by atoms with van der Waals surface area (Å²) >= 11 is 19.1. The van der Waals surface area contributed by atoms with Crippen LogP contribution in [0.2, 0.25) is 10.0 Å². The van der Waals surface area contributed by atoms with Crippen LogP contribution in [0.1, 0.15) is 21.9 Å². The largest absolute Gasteiger partial charge is 0.451 e. The summed E-state index contributed by atoms with van der Waals surface area (Å²) < 4.78 is 7.39. The number of amides is 1. The molecular formula is C23H16Cl2N6O2S2. The van der Waals surface area contributed by atoms with Crippen molar-refractivity contribution in [1.29, 1.82) is 0 Å². The standard InChI is InChI=1S/C23H16Cl2N6O2S2/c1-11-9-13(21-30-31-12(2)28-29-23(31)35-21)3-6-17(11)26-22(34)27-20(32)19-8-7-18(33-19)15-10-14(24)4-5-16(15)25/h3-10H,1-2H3,(H2,26,27,32,34). The second-order valence-corrected chi connectivity index (χ2v) is 9.78. The molecule has 3 aromatic heterocycles. The summed E-state index contributed by atoms with van der Waals surface area (Å²) in [5.41, 5.74) is 3.22. The molecule has 0 fully saturated rings. The summed E-state index contributed by atoms with van der Waals surface area (Å²) in [6.45, 7) is 3.79. The van der Waals surface area contributed by atoms with Crippen LogP contribution in [0.15, 0.2) is 52.9 Å². The van der Waals surface area contributed by atoms with E-state index in [4.69, 9.17) is 39.8 Å². The number of halogens is 2. The summed E-state index contributed by atoms with van der Waals surface area (Å²) in [5.74, 6) is 0.758. The number of carbonyl (C=O) groups is 1. The van der Waals surface area contributed by atoms with Crippen molar-refractivity contribution in [2.75, 3.05) is 5.32 Å². The van der Waals surface area contributed by atoms with E-state index in [-0.39, 0.29) is 10.9 Å². The molecule has 0 saturated carbocycles. The smallest absolute Gasteiger partial charge is 0.293 e. The Bertz CT molecular complexity index is 1610. The maximum absolute atomic E-state index is 12.6. The number of thiocarbonyl (C=S) groups is 1. The second kappa shape index (κ2) is 9.38. The minimum absolute atomic E-state index is 0.0887. The molecule has 0 saturated heterocycles. The Balaban J connectivity index is 1.26. The van der Waals surface area contributed by atoms with E-state index < -0.39 is 5.91 Å². The first-order valence-corrected chi connectivity index (χ1v) is 12.2. The highest BCUT2D eigenvalue weighted by atomic mass is 35.5. The molecule has 12 heteroatoms. The van der Waals surface area contributed by atoms with E-state index >= 15 is 0 Å². The molecule has 5 rings (SSSR count). The normalized spacial score (nSPS) is 11.1. The van der Waals surface area contributed by atoms with Crippen LogP contribution in [-0.4, -0.2) is 30.8 Å². The molecule has 0 bridgehead atoms. The van der Waals surface area contributed by atoms with Gasteiger partial charge in [0.15, 0.2) is 16.7 Å². The fourth-order valence-electron chi connectivity index (χ4n) is 3.38. The zero-order valence-corrected chi connectivity index (χ0v) is 21.4. The predicted molar refractivity (Wildman–Crippen MR) is 141 cm³/mol. The number of fused-ring (bicyclic) bond motifs is 1. The first kappa shape index (κ1) is 23.4. The third kappa shape index (κ3) is 4.78. The lowest BCUT2D eigenvalue weighted by Crippen LogP contribution is -2.34. The van der Waals surface area contributed by atoms with Crippen molar-refractivity contribution in [2.24, 2.45) is 0 Å². The van der Waals surface area contributed by atoms with Gasteiger partial charge in [0.2, 0.25) is 4.96 Å². The first-order chi connectivity index (χ1) is 16.8. The van der Waals surface area contributed by atoms with Gasteiger partial charge < -0.3 is 9.73 Å². The number of rotatable bonds is 4. The minimum atomic E-state index is -0.490. The molecule has 0 aliphatic heterocycles. The molecule has 2 aromatic carbocycles. The second-order valence-electron chi connectivity index (χ2n) is 7.57. The predicted octanol–water partition coefficient (Wildman–Crippen LogP) is 6.16. The third-order valence-corrected chi connectivity index (χ3v) is 6.84. The molecule has 3 heterocycles. The Morgan fingerprint density at radius 2 is 1.91 bits per heavy atom. The van der Waals surface area contributed by atoms with E-state index in [0.717, 1.165) is 32.6 Å². The Morgan fingerprint density at radius 1 is 1.09 bits per heavy atom. The number of benzene rings is 2. The van der Waals surface area contributed by atoms with Gasteiger partial charge in [0, 0.05) is 21.8 Å². The summed E-state index contributed by atoms with van der Waals surface area (Å²) in [6.07, 6.45) is 0. The van der Waals surface area contributed by atoms with E-state index in [1.165, 1.54) is 11.3 Å². The van der Waals surface area contributed by atoms with Gasteiger partial charge in [-0.15, -0.1) is 10.2 Å². The van der Waals surface area contributed by atoms with Crippen LogP contribution < -0.4 is 10.6 Å². The zero-order valence-electron chi connectivity index (χ0n) is 18.3. The first-order valence-electron chi connectivity index (χ1n) is 10.3. The summed E-state index contributed by atoms with van der Waals surface area (Å²) in [7, 11) is 0. The van der Waals surface area contributed by atoms with Gasteiger partial charge in [0.25, 0.3) is 5.91 Å². The number of hydrogen-bond acceptors (Lipinski definition) is 7. The van der Waals surface area contributed by atoms with Crippen molar-refractivity contribution in [3.05, 3.63) is 75.7 Å². The van der Waals surface area contributed by atoms with Crippen LogP contribution in [0.4, 0.5) is 5.69 Å². The monoisotopic (exact) mass is 542 g/mol. The van der Waals surface area contributed by atoms with E-state index in [2.05, 4.69) is 25.9 Å². The quantitative estimate of drug-likeness (QED) is 0.262. The van der Waals surface area contributed by atoms with E-state index in [0.29, 0.717) is 21.4 Å². The number of anilines is 1. The summed E-state index contributed by atoms with van der Waals surface area (Å²) in [5, 5.41) is 20.3. The van der Waals surface area contributed by atoms with Crippen molar-refractivity contribution in [2.45, 2.75) is 13.8 Å². The highest BCUT2D eigenvalue weighted by Gasteiger charge is 2.16. The Morgan fingerprint density at radius 3 is 2.69 bits per heavy atom. The van der Waals surface area contributed by atoms with Crippen molar-refractivity contribution in [1.82, 2.24) is 25.1 Å². The molecule has 176 valence electrons. The van der Waals surface area contributed by atoms with Crippen LogP contribution in [-0.2, 0) is 0 Å². The lowest BCUT2D eigenvalue weighted by Gasteiger charge is -2.12. The van der Waals surface area contributed by atoms with Crippen LogP contribution in [0.25, 0.3) is 26.9 Å². The van der Waals surface area contributed by atoms with Gasteiger partial charge in [0.05, 0.1) is 5.02 Å². The lowest BCUT2D eigenvalue weighted by molar-refractivity contribution is 0.0951. The summed E-state index contributed by atoms with van der Waals surface area (Å²) in [6, 6.07) is 14.0. The molecule has 8 nitrogen and oxygen atoms in total. The maximum Gasteiger partial charge on any atom is 0.293 e. The molecule has 0 aliphatic rings. The molecule has 35 heavy (non-hydrogen) atoms. The van der Waals surface area contributed by atoms with Crippen LogP contribution in [0.3, 0.4) is 0 Å². The highest BCUT2D eigenvalue weighted by molar-refractivity contribution is 7.80. The van der Waals surface area contributed by atoms with Gasteiger partial charge in [-0.3, -0.25) is 10.1 Å². The molecule has 0 aliphatic carbocycles. The molecule has 0 radical (unpaired) electrons. The Hall–Kier alpha value is -3.31. The van der Waals surface area contributed by atoms with Crippen molar-refractivity contribution in [3.8, 4) is 21.9 Å². The third-order valence-electron chi connectivity index (χ3n) is 5.12. The zero-order chi connectivity index (χ0) is 24.7. The summed E-state index contributed by atoms with van der Waals surface area (Å²) in [4.78, 5) is 13.4. The maximum atomic E-state index is 12.6. The van der Waals surface area contributed by atoms with Gasteiger partial charge >= 0.3 is 0 Å². The van der Waals surface area contributed by atoms with Crippen molar-refractivity contribution < 1.29 is 9.21 Å². The van der Waals surface area contributed by atoms with Gasteiger partial charge in [-0.1, -0.05) is 34.5 Å². The van der Waals surface area contributed by atoms with Gasteiger partial charge in [-0.05, 0) is 80.2 Å². The average molecular weight is 543 g/mol. The average Bonchev–Trinajstić information content (AvgIpc) is 3.55. The molecule has 0 spiro atoms. The van der Waals surface area contributed by atoms with Crippen LogP contribution >= 0.6 is 46.8 Å². The molecule has 2 N–H and O–H groups in total. The minimum Gasteiger partial charge on any atom is -0.451 e. The SMILES string of the molecule is Cc1cc(-c2nn3c(C)nnc3s2)ccc1NC(=S)NC(=O)c1ccc(-c2cc(Cl)ccc2Cl)o1. The van der Waals surface area contributed by atoms with E-state index in [1.54, 1.807) is 34.8 Å². The lowest BCUT2D eigenvalue weighted by atomic mass is 10.1. The number of aryl methyl sites for hydroxylation is 2. The topological polar surface area (TPSA) is 97.4 Å². The highest BCUT2D eigenvalue weighted by Crippen LogP contribution is 2.32. The number of carbonyl (C=O) groups excluding carboxylic acids is 1. The number of hydrogen-bond donors (Lipinski definition) is 2. The molecule has 1 amide bonds.